The van der Waals surface area contributed by atoms with Gasteiger partial charge in [-0.05, 0) is 12.1 Å². The van der Waals surface area contributed by atoms with E-state index in [2.05, 4.69) is 10.6 Å². The van der Waals surface area contributed by atoms with E-state index in [1.807, 2.05) is 0 Å². The van der Waals surface area contributed by atoms with Crippen LogP contribution in [0, 0.1) is 0 Å². The molecular weight excluding hydrogens is 286 g/mol. The van der Waals surface area contributed by atoms with Gasteiger partial charge in [-0.2, -0.15) is 0 Å². The predicted molar refractivity (Wildman–Crippen MR) is 81.3 cm³/mol. The summed E-state index contributed by atoms with van der Waals surface area (Å²) in [6.45, 7) is 2.83. The molecule has 1 aliphatic rings. The second-order valence-electron chi connectivity index (χ2n) is 4.85. The van der Waals surface area contributed by atoms with E-state index < -0.39 is 5.91 Å². The average molecular weight is 307 g/mol. The summed E-state index contributed by atoms with van der Waals surface area (Å²) in [5.41, 5.74) is 0.292. The second kappa shape index (κ2) is 7.65. The zero-order valence-electron chi connectivity index (χ0n) is 12.8. The standard InChI is InChI=1S/C15H21N3O4/c1-21-11-4-3-5-12(22-2)14(11)15(20)17-10-13(19)18-8-6-16-7-9-18/h3-5,16H,6-10H2,1-2H3,(H,17,20). The molecule has 2 N–H and O–H groups in total. The summed E-state index contributed by atoms with van der Waals surface area (Å²) < 4.78 is 10.4. The minimum Gasteiger partial charge on any atom is -0.496 e. The molecule has 2 amide bonds. The number of nitrogens with zero attached hydrogens (tertiary/aromatic N) is 1. The summed E-state index contributed by atoms with van der Waals surface area (Å²) in [6.07, 6.45) is 0. The number of methoxy groups -OCH3 is 2. The number of amides is 2. The van der Waals surface area contributed by atoms with Gasteiger partial charge in [0, 0.05) is 26.2 Å². The van der Waals surface area contributed by atoms with E-state index in [1.165, 1.54) is 14.2 Å². The van der Waals surface area contributed by atoms with Crippen LogP contribution in [-0.2, 0) is 4.79 Å². The van der Waals surface area contributed by atoms with Crippen molar-refractivity contribution in [2.45, 2.75) is 0 Å². The lowest BCUT2D eigenvalue weighted by Crippen LogP contribution is -2.49. The van der Waals surface area contributed by atoms with Crippen molar-refractivity contribution >= 4 is 11.8 Å². The quantitative estimate of drug-likeness (QED) is 0.792. The maximum Gasteiger partial charge on any atom is 0.259 e. The van der Waals surface area contributed by atoms with Crippen LogP contribution in [0.3, 0.4) is 0 Å². The monoisotopic (exact) mass is 307 g/mol. The van der Waals surface area contributed by atoms with Crippen LogP contribution in [0.2, 0.25) is 0 Å². The highest BCUT2D eigenvalue weighted by Crippen LogP contribution is 2.27. The Morgan fingerprint density at radius 1 is 1.18 bits per heavy atom. The maximum absolute atomic E-state index is 12.3. The van der Waals surface area contributed by atoms with Crippen LogP contribution in [0.25, 0.3) is 0 Å². The van der Waals surface area contributed by atoms with Crippen LogP contribution in [-0.4, -0.2) is 63.7 Å². The maximum atomic E-state index is 12.3. The van der Waals surface area contributed by atoms with Crippen molar-refractivity contribution in [3.8, 4) is 11.5 Å². The number of hydrogen-bond acceptors (Lipinski definition) is 5. The Morgan fingerprint density at radius 2 is 1.77 bits per heavy atom. The highest BCUT2D eigenvalue weighted by Gasteiger charge is 2.21. The SMILES string of the molecule is COc1cccc(OC)c1C(=O)NCC(=O)N1CCNCC1. The van der Waals surface area contributed by atoms with Crippen molar-refractivity contribution < 1.29 is 19.1 Å². The van der Waals surface area contributed by atoms with Gasteiger partial charge in [-0.3, -0.25) is 9.59 Å². The number of ether oxygens (including phenoxy) is 2. The molecule has 1 aliphatic heterocycles. The van der Waals surface area contributed by atoms with Gasteiger partial charge in [0.2, 0.25) is 5.91 Å². The summed E-state index contributed by atoms with van der Waals surface area (Å²) in [5.74, 6) is 0.333. The molecule has 0 radical (unpaired) electrons. The van der Waals surface area contributed by atoms with Gasteiger partial charge in [-0.25, -0.2) is 0 Å². The number of carbonyl (C=O) groups is 2. The molecule has 0 atom stereocenters. The van der Waals surface area contributed by atoms with Gasteiger partial charge in [0.05, 0.1) is 20.8 Å². The number of rotatable bonds is 5. The minimum atomic E-state index is -0.391. The Bertz CT molecular complexity index is 519. The van der Waals surface area contributed by atoms with E-state index in [-0.39, 0.29) is 12.5 Å². The second-order valence-corrected chi connectivity index (χ2v) is 4.85. The Morgan fingerprint density at radius 3 is 2.32 bits per heavy atom. The molecule has 0 aliphatic carbocycles. The lowest BCUT2D eigenvalue weighted by molar-refractivity contribution is -0.130. The zero-order valence-corrected chi connectivity index (χ0v) is 12.8. The van der Waals surface area contributed by atoms with Gasteiger partial charge in [0.1, 0.15) is 17.1 Å². The number of nitrogens with one attached hydrogen (secondary N) is 2. The molecule has 2 rings (SSSR count). The van der Waals surface area contributed by atoms with Crippen LogP contribution in [0.5, 0.6) is 11.5 Å². The highest BCUT2D eigenvalue weighted by atomic mass is 16.5. The molecule has 1 aromatic carbocycles. The third kappa shape index (κ3) is 3.67. The summed E-state index contributed by atoms with van der Waals surface area (Å²) in [5, 5.41) is 5.81. The first-order valence-electron chi connectivity index (χ1n) is 7.15. The third-order valence-corrected chi connectivity index (χ3v) is 3.52. The molecule has 1 fully saturated rings. The number of carbonyl (C=O) groups excluding carboxylic acids is 2. The highest BCUT2D eigenvalue weighted by molar-refractivity contribution is 6.01. The number of benzene rings is 1. The van der Waals surface area contributed by atoms with Gasteiger partial charge >= 0.3 is 0 Å². The van der Waals surface area contributed by atoms with Crippen LogP contribution in [0.15, 0.2) is 18.2 Å². The van der Waals surface area contributed by atoms with Crippen LogP contribution >= 0.6 is 0 Å². The molecule has 0 saturated carbocycles. The van der Waals surface area contributed by atoms with Gasteiger partial charge in [0.25, 0.3) is 5.91 Å². The number of piperazine rings is 1. The molecule has 22 heavy (non-hydrogen) atoms. The van der Waals surface area contributed by atoms with E-state index >= 15 is 0 Å². The fraction of sp³-hybridized carbons (Fsp3) is 0.467. The van der Waals surface area contributed by atoms with Gasteiger partial charge in [-0.15, -0.1) is 0 Å². The Labute approximate surface area is 129 Å². The largest absolute Gasteiger partial charge is 0.496 e. The lowest BCUT2D eigenvalue weighted by Gasteiger charge is -2.27. The van der Waals surface area contributed by atoms with Gasteiger partial charge in [-0.1, -0.05) is 6.07 Å². The smallest absolute Gasteiger partial charge is 0.259 e. The molecule has 120 valence electrons. The van der Waals surface area contributed by atoms with Gasteiger partial charge in [0.15, 0.2) is 0 Å². The van der Waals surface area contributed by atoms with Crippen molar-refractivity contribution in [3.05, 3.63) is 23.8 Å². The van der Waals surface area contributed by atoms with E-state index in [4.69, 9.17) is 9.47 Å². The predicted octanol–water partition coefficient (Wildman–Crippen LogP) is -0.135. The molecule has 0 bridgehead atoms. The topological polar surface area (TPSA) is 79.9 Å². The number of hydrogen-bond donors (Lipinski definition) is 2. The Balaban J connectivity index is 2.01. The molecule has 7 nitrogen and oxygen atoms in total. The molecule has 0 spiro atoms. The van der Waals surface area contributed by atoms with Crippen LogP contribution < -0.4 is 20.1 Å². The first kappa shape index (κ1) is 16.1. The van der Waals surface area contributed by atoms with Crippen molar-refractivity contribution in [2.24, 2.45) is 0 Å². The van der Waals surface area contributed by atoms with E-state index in [0.717, 1.165) is 13.1 Å². The van der Waals surface area contributed by atoms with E-state index in [9.17, 15) is 9.59 Å². The molecular formula is C15H21N3O4. The fourth-order valence-electron chi connectivity index (χ4n) is 2.35. The first-order valence-corrected chi connectivity index (χ1v) is 7.15. The lowest BCUT2D eigenvalue weighted by atomic mass is 10.1. The zero-order chi connectivity index (χ0) is 15.9. The van der Waals surface area contributed by atoms with E-state index in [1.54, 1.807) is 23.1 Å². The van der Waals surface area contributed by atoms with Crippen LogP contribution in [0.1, 0.15) is 10.4 Å². The van der Waals surface area contributed by atoms with Crippen molar-refractivity contribution in [2.75, 3.05) is 46.9 Å². The third-order valence-electron chi connectivity index (χ3n) is 3.52. The summed E-state index contributed by atoms with van der Waals surface area (Å²) >= 11 is 0. The normalized spacial score (nSPS) is 14.4. The van der Waals surface area contributed by atoms with E-state index in [0.29, 0.717) is 30.2 Å². The molecule has 0 aromatic heterocycles. The molecule has 1 saturated heterocycles. The van der Waals surface area contributed by atoms with Gasteiger partial charge < -0.3 is 25.0 Å². The Hall–Kier alpha value is -2.28. The summed E-state index contributed by atoms with van der Waals surface area (Å²) in [4.78, 5) is 26.1. The summed E-state index contributed by atoms with van der Waals surface area (Å²) in [7, 11) is 2.97. The molecule has 7 heteroatoms. The molecule has 1 aromatic rings. The summed E-state index contributed by atoms with van der Waals surface area (Å²) in [6, 6.07) is 5.09. The van der Waals surface area contributed by atoms with Crippen molar-refractivity contribution in [3.63, 3.8) is 0 Å². The van der Waals surface area contributed by atoms with Crippen molar-refractivity contribution in [1.29, 1.82) is 0 Å². The molecule has 0 unspecified atom stereocenters. The first-order chi connectivity index (χ1) is 10.7. The van der Waals surface area contributed by atoms with Crippen LogP contribution in [0.4, 0.5) is 0 Å². The average Bonchev–Trinajstić information content (AvgIpc) is 2.59. The fourth-order valence-corrected chi connectivity index (χ4v) is 2.35. The Kier molecular flexibility index (Phi) is 5.60. The molecule has 1 heterocycles. The minimum absolute atomic E-state index is 0.0416. The van der Waals surface area contributed by atoms with Crippen molar-refractivity contribution in [1.82, 2.24) is 15.5 Å².